The Labute approximate surface area is 185 Å². The maximum Gasteiger partial charge on any atom is 0.417 e. The normalized spacial score (nSPS) is 21.9. The van der Waals surface area contributed by atoms with Crippen LogP contribution in [0, 0.1) is 11.7 Å². The van der Waals surface area contributed by atoms with Gasteiger partial charge in [0.1, 0.15) is 11.5 Å². The van der Waals surface area contributed by atoms with Gasteiger partial charge in [-0.2, -0.15) is 13.2 Å². The summed E-state index contributed by atoms with van der Waals surface area (Å²) < 4.78 is 51.6. The van der Waals surface area contributed by atoms with Crippen molar-refractivity contribution in [1.29, 1.82) is 0 Å². The fourth-order valence-electron chi connectivity index (χ4n) is 4.59. The van der Waals surface area contributed by atoms with Crippen molar-refractivity contribution >= 4 is 11.7 Å². The van der Waals surface area contributed by atoms with E-state index in [1.165, 1.54) is 12.3 Å². The van der Waals surface area contributed by atoms with Gasteiger partial charge in [0, 0.05) is 25.0 Å². The maximum atomic E-state index is 13.4. The van der Waals surface area contributed by atoms with Gasteiger partial charge in [-0.1, -0.05) is 0 Å². The zero-order valence-electron chi connectivity index (χ0n) is 17.1. The Kier molecular flexibility index (Phi) is 5.18. The highest BCUT2D eigenvalue weighted by Crippen LogP contribution is 2.40. The third-order valence-electron chi connectivity index (χ3n) is 6.04. The molecule has 0 spiro atoms. The second-order valence-electron chi connectivity index (χ2n) is 8.17. The molecule has 1 saturated heterocycles. The Bertz CT molecular complexity index is 1170. The van der Waals surface area contributed by atoms with E-state index in [1.807, 2.05) is 0 Å². The molecule has 11 heteroatoms. The summed E-state index contributed by atoms with van der Waals surface area (Å²) in [5, 5.41) is 3.18. The van der Waals surface area contributed by atoms with Crippen LogP contribution in [-0.4, -0.2) is 49.4 Å². The lowest BCUT2D eigenvalue weighted by atomic mass is 10.0. The number of alkyl halides is 3. The Morgan fingerprint density at radius 2 is 1.82 bits per heavy atom. The summed E-state index contributed by atoms with van der Waals surface area (Å²) in [4.78, 5) is 31.2. The molecule has 33 heavy (non-hydrogen) atoms. The second-order valence-corrected chi connectivity index (χ2v) is 8.17. The summed E-state index contributed by atoms with van der Waals surface area (Å²) >= 11 is 0. The molecule has 1 saturated carbocycles. The number of halogens is 4. The highest BCUT2D eigenvalue weighted by molar-refractivity contribution is 5.98. The van der Waals surface area contributed by atoms with E-state index in [2.05, 4.69) is 25.3 Å². The van der Waals surface area contributed by atoms with Crippen LogP contribution in [0.4, 0.5) is 23.4 Å². The molecule has 2 aliphatic rings. The van der Waals surface area contributed by atoms with E-state index in [9.17, 15) is 22.4 Å². The highest BCUT2D eigenvalue weighted by Gasteiger charge is 2.47. The van der Waals surface area contributed by atoms with Crippen molar-refractivity contribution < 1.29 is 22.4 Å². The maximum absolute atomic E-state index is 13.4. The minimum Gasteiger partial charge on any atom is -0.365 e. The van der Waals surface area contributed by atoms with Crippen molar-refractivity contribution in [1.82, 2.24) is 24.8 Å². The molecule has 0 aromatic carbocycles. The average Bonchev–Trinajstić information content (AvgIpc) is 3.40. The predicted octanol–water partition coefficient (Wildman–Crippen LogP) is 3.81. The molecule has 7 nitrogen and oxygen atoms in total. The monoisotopic (exact) mass is 458 g/mol. The van der Waals surface area contributed by atoms with Gasteiger partial charge in [-0.05, 0) is 43.0 Å². The number of pyridine rings is 2. The fraction of sp³-hybridized carbons (Fsp3) is 0.318. The Morgan fingerprint density at radius 1 is 1.03 bits per heavy atom. The highest BCUT2D eigenvalue weighted by atomic mass is 19.4. The number of hydrogen-bond donors (Lipinski definition) is 1. The molecule has 3 aromatic rings. The number of nitrogens with zero attached hydrogens (tertiary/aromatic N) is 5. The van der Waals surface area contributed by atoms with Gasteiger partial charge in [0.05, 0.1) is 29.6 Å². The summed E-state index contributed by atoms with van der Waals surface area (Å²) in [6, 6.07) is 5.28. The minimum atomic E-state index is -4.45. The average molecular weight is 458 g/mol. The zero-order chi connectivity index (χ0) is 23.2. The largest absolute Gasteiger partial charge is 0.417 e. The standard InChI is InChI=1S/C22H18F4N6O/c23-14-9-29-20(30-10-14)15-2-1-5-27-19(15)21(33)32-11-12-6-16(17(32)7-12)31-18-4-3-13(8-28-18)22(24,25)26/h1-5,8-10,12,16-17H,6-7,11H2,(H,28,31). The second kappa shape index (κ2) is 8.05. The van der Waals surface area contributed by atoms with E-state index in [4.69, 9.17) is 0 Å². The third-order valence-corrected chi connectivity index (χ3v) is 6.04. The first kappa shape index (κ1) is 21.2. The fourth-order valence-corrected chi connectivity index (χ4v) is 4.59. The molecule has 2 fully saturated rings. The van der Waals surface area contributed by atoms with Crippen molar-refractivity contribution in [2.24, 2.45) is 5.92 Å². The number of piperidine rings is 1. The molecule has 2 bridgehead atoms. The van der Waals surface area contributed by atoms with Crippen LogP contribution in [0.1, 0.15) is 28.9 Å². The summed E-state index contributed by atoms with van der Waals surface area (Å²) in [5.74, 6) is -0.0942. The number of rotatable bonds is 4. The Balaban J connectivity index is 1.35. The first-order valence-corrected chi connectivity index (χ1v) is 10.3. The third kappa shape index (κ3) is 4.10. The van der Waals surface area contributed by atoms with Gasteiger partial charge in [-0.15, -0.1) is 0 Å². The first-order valence-electron chi connectivity index (χ1n) is 10.3. The topological polar surface area (TPSA) is 83.9 Å². The van der Waals surface area contributed by atoms with E-state index in [1.54, 1.807) is 17.0 Å². The smallest absolute Gasteiger partial charge is 0.365 e. The molecule has 3 atom stereocenters. The number of anilines is 1. The predicted molar refractivity (Wildman–Crippen MR) is 109 cm³/mol. The van der Waals surface area contributed by atoms with E-state index in [0.29, 0.717) is 17.9 Å². The zero-order valence-corrected chi connectivity index (χ0v) is 17.1. The molecule has 170 valence electrons. The molecule has 3 aromatic heterocycles. The van der Waals surface area contributed by atoms with Crippen LogP contribution in [0.5, 0.6) is 0 Å². The van der Waals surface area contributed by atoms with E-state index < -0.39 is 17.6 Å². The molecule has 5 rings (SSSR count). The number of likely N-dealkylation sites (tertiary alicyclic amines) is 1. The van der Waals surface area contributed by atoms with E-state index >= 15 is 0 Å². The van der Waals surface area contributed by atoms with Crippen molar-refractivity contribution in [2.75, 3.05) is 11.9 Å². The van der Waals surface area contributed by atoms with Crippen molar-refractivity contribution in [3.8, 4) is 11.4 Å². The number of carbonyl (C=O) groups excluding carboxylic acids is 1. The molecule has 0 radical (unpaired) electrons. The minimum absolute atomic E-state index is 0.147. The molecule has 1 aliphatic carbocycles. The molecular formula is C22H18F4N6O. The lowest BCUT2D eigenvalue weighted by Crippen LogP contribution is -2.48. The molecule has 3 unspecified atom stereocenters. The van der Waals surface area contributed by atoms with Crippen LogP contribution >= 0.6 is 0 Å². The van der Waals surface area contributed by atoms with Crippen LogP contribution in [0.3, 0.4) is 0 Å². The summed E-state index contributed by atoms with van der Waals surface area (Å²) in [7, 11) is 0. The summed E-state index contributed by atoms with van der Waals surface area (Å²) in [6.07, 6.45) is 1.46. The lowest BCUT2D eigenvalue weighted by molar-refractivity contribution is -0.137. The number of nitrogens with one attached hydrogen (secondary N) is 1. The van der Waals surface area contributed by atoms with Gasteiger partial charge in [-0.3, -0.25) is 9.78 Å². The van der Waals surface area contributed by atoms with Crippen LogP contribution in [0.15, 0.2) is 49.1 Å². The van der Waals surface area contributed by atoms with E-state index in [0.717, 1.165) is 37.5 Å². The lowest BCUT2D eigenvalue weighted by Gasteiger charge is -2.34. The van der Waals surface area contributed by atoms with Crippen molar-refractivity contribution in [3.05, 3.63) is 66.1 Å². The quantitative estimate of drug-likeness (QED) is 0.599. The summed E-state index contributed by atoms with van der Waals surface area (Å²) in [5.41, 5.74) is -0.245. The van der Waals surface area contributed by atoms with Crippen molar-refractivity contribution in [2.45, 2.75) is 31.1 Å². The summed E-state index contributed by atoms with van der Waals surface area (Å²) in [6.45, 7) is 0.558. The van der Waals surface area contributed by atoms with Crippen LogP contribution in [-0.2, 0) is 6.18 Å². The first-order chi connectivity index (χ1) is 15.8. The van der Waals surface area contributed by atoms with Gasteiger partial charge < -0.3 is 10.2 Å². The molecule has 1 amide bonds. The number of hydrogen-bond acceptors (Lipinski definition) is 6. The molecule has 1 aliphatic heterocycles. The number of aromatic nitrogens is 4. The SMILES string of the molecule is O=C(c1ncccc1-c1ncc(F)cn1)N1CC2CC(Nc3ccc(C(F)(F)F)cn3)C1C2. The van der Waals surface area contributed by atoms with Crippen LogP contribution < -0.4 is 5.32 Å². The number of carbonyl (C=O) groups is 1. The molecular weight excluding hydrogens is 440 g/mol. The van der Waals surface area contributed by atoms with Gasteiger partial charge >= 0.3 is 6.18 Å². The van der Waals surface area contributed by atoms with Gasteiger partial charge in [0.2, 0.25) is 0 Å². The van der Waals surface area contributed by atoms with Crippen LogP contribution in [0.2, 0.25) is 0 Å². The Hall–Kier alpha value is -3.63. The van der Waals surface area contributed by atoms with Crippen molar-refractivity contribution in [3.63, 3.8) is 0 Å². The van der Waals surface area contributed by atoms with Gasteiger partial charge in [0.15, 0.2) is 11.6 Å². The molecule has 1 N–H and O–H groups in total. The molecule has 4 heterocycles. The number of fused-ring (bicyclic) bond motifs is 2. The Morgan fingerprint density at radius 3 is 2.48 bits per heavy atom. The van der Waals surface area contributed by atoms with Gasteiger partial charge in [0.25, 0.3) is 5.91 Å². The number of amides is 1. The van der Waals surface area contributed by atoms with Crippen LogP contribution in [0.25, 0.3) is 11.4 Å². The van der Waals surface area contributed by atoms with E-state index in [-0.39, 0.29) is 35.4 Å². The van der Waals surface area contributed by atoms with Gasteiger partial charge in [-0.25, -0.2) is 19.3 Å².